The molecule has 0 saturated carbocycles. The highest BCUT2D eigenvalue weighted by molar-refractivity contribution is 7.89. The van der Waals surface area contributed by atoms with Gasteiger partial charge in [-0.05, 0) is 26.3 Å². The Balaban J connectivity index is 1.99. The molecule has 2 fully saturated rings. The Bertz CT molecular complexity index is 430. The molecule has 0 bridgehead atoms. The number of hydrogen-bond acceptors (Lipinski definition) is 4. The lowest BCUT2D eigenvalue weighted by Gasteiger charge is -2.38. The summed E-state index contributed by atoms with van der Waals surface area (Å²) in [5.74, 6) is 0.200. The zero-order valence-electron chi connectivity index (χ0n) is 13.2. The molecule has 0 aromatic heterocycles. The van der Waals surface area contributed by atoms with Crippen LogP contribution in [0.3, 0.4) is 0 Å². The Morgan fingerprint density at radius 3 is 2.52 bits per heavy atom. The maximum absolute atomic E-state index is 12.4. The van der Waals surface area contributed by atoms with Gasteiger partial charge in [0.2, 0.25) is 10.0 Å². The standard InChI is InChI=1S/C15H29N3O2S/c1-3-4-13-21(19,20)18-8-6-5-7-15(14-18)17-11-9-16(2)10-12-17/h3,15H,1,4-14H2,2H3/t15-/m0/s1. The normalized spacial score (nSPS) is 27.4. The van der Waals surface area contributed by atoms with Gasteiger partial charge in [-0.15, -0.1) is 6.58 Å². The monoisotopic (exact) mass is 315 g/mol. The van der Waals surface area contributed by atoms with Crippen LogP contribution >= 0.6 is 0 Å². The van der Waals surface area contributed by atoms with Crippen LogP contribution in [-0.2, 0) is 10.0 Å². The Kier molecular flexibility index (Phi) is 6.22. The van der Waals surface area contributed by atoms with Crippen LogP contribution < -0.4 is 0 Å². The van der Waals surface area contributed by atoms with Crippen molar-refractivity contribution in [2.75, 3.05) is 52.1 Å². The summed E-state index contributed by atoms with van der Waals surface area (Å²) in [6.45, 7) is 9.26. The van der Waals surface area contributed by atoms with Crippen molar-refractivity contribution in [1.29, 1.82) is 0 Å². The van der Waals surface area contributed by atoms with Gasteiger partial charge in [-0.25, -0.2) is 12.7 Å². The number of likely N-dealkylation sites (N-methyl/N-ethyl adjacent to an activating group) is 1. The topological polar surface area (TPSA) is 43.9 Å². The third-order valence-corrected chi connectivity index (χ3v) is 6.51. The highest BCUT2D eigenvalue weighted by atomic mass is 32.2. The second kappa shape index (κ2) is 7.72. The van der Waals surface area contributed by atoms with Crippen molar-refractivity contribution < 1.29 is 8.42 Å². The fourth-order valence-electron chi connectivity index (χ4n) is 3.18. The summed E-state index contributed by atoms with van der Waals surface area (Å²) in [6.07, 6.45) is 5.46. The van der Waals surface area contributed by atoms with Crippen molar-refractivity contribution in [3.8, 4) is 0 Å². The van der Waals surface area contributed by atoms with Gasteiger partial charge in [-0.3, -0.25) is 4.90 Å². The molecule has 2 saturated heterocycles. The van der Waals surface area contributed by atoms with Gasteiger partial charge in [0.25, 0.3) is 0 Å². The summed E-state index contributed by atoms with van der Waals surface area (Å²) in [5, 5.41) is 0. The highest BCUT2D eigenvalue weighted by Crippen LogP contribution is 2.20. The summed E-state index contributed by atoms with van der Waals surface area (Å²) < 4.78 is 26.6. The van der Waals surface area contributed by atoms with E-state index in [0.717, 1.165) is 45.4 Å². The fraction of sp³-hybridized carbons (Fsp3) is 0.867. The van der Waals surface area contributed by atoms with Gasteiger partial charge in [-0.1, -0.05) is 12.5 Å². The Hall–Kier alpha value is -0.430. The predicted octanol–water partition coefficient (Wildman–Crippen LogP) is 0.994. The molecule has 0 aliphatic carbocycles. The van der Waals surface area contributed by atoms with Crippen molar-refractivity contribution in [2.45, 2.75) is 31.7 Å². The van der Waals surface area contributed by atoms with Crippen molar-refractivity contribution >= 4 is 10.0 Å². The van der Waals surface area contributed by atoms with E-state index in [-0.39, 0.29) is 5.75 Å². The molecule has 0 amide bonds. The Labute approximate surface area is 129 Å². The fourth-order valence-corrected chi connectivity index (χ4v) is 4.71. The SMILES string of the molecule is C=CCCS(=O)(=O)N1CCCC[C@H](N2CCN(C)CC2)C1. The van der Waals surface area contributed by atoms with Crippen LogP contribution in [0, 0.1) is 0 Å². The van der Waals surface area contributed by atoms with E-state index in [1.165, 1.54) is 0 Å². The molecule has 21 heavy (non-hydrogen) atoms. The minimum atomic E-state index is -3.13. The van der Waals surface area contributed by atoms with Gasteiger partial charge in [0.05, 0.1) is 5.75 Å². The first kappa shape index (κ1) is 16.9. The van der Waals surface area contributed by atoms with E-state index in [0.29, 0.717) is 25.6 Å². The van der Waals surface area contributed by atoms with E-state index >= 15 is 0 Å². The molecule has 5 nitrogen and oxygen atoms in total. The second-order valence-corrected chi connectivity index (χ2v) is 8.33. The number of sulfonamides is 1. The zero-order chi connectivity index (χ0) is 15.3. The third kappa shape index (κ3) is 4.77. The van der Waals surface area contributed by atoms with E-state index in [2.05, 4.69) is 23.4 Å². The molecular weight excluding hydrogens is 286 g/mol. The molecule has 2 heterocycles. The summed E-state index contributed by atoms with van der Waals surface area (Å²) in [7, 11) is -0.977. The summed E-state index contributed by atoms with van der Waals surface area (Å²) in [6, 6.07) is 0.389. The first-order valence-corrected chi connectivity index (χ1v) is 9.65. The molecular formula is C15H29N3O2S. The zero-order valence-corrected chi connectivity index (χ0v) is 14.0. The molecule has 0 aromatic rings. The molecule has 0 spiro atoms. The maximum atomic E-state index is 12.4. The molecule has 0 N–H and O–H groups in total. The highest BCUT2D eigenvalue weighted by Gasteiger charge is 2.30. The average Bonchev–Trinajstić information content (AvgIpc) is 2.72. The number of hydrogen-bond donors (Lipinski definition) is 0. The third-order valence-electron chi connectivity index (χ3n) is 4.64. The number of nitrogens with zero attached hydrogens (tertiary/aromatic N) is 3. The van der Waals surface area contributed by atoms with Crippen LogP contribution in [0.4, 0.5) is 0 Å². The van der Waals surface area contributed by atoms with E-state index in [1.807, 2.05) is 0 Å². The molecule has 2 rings (SSSR count). The van der Waals surface area contributed by atoms with E-state index in [4.69, 9.17) is 0 Å². The number of allylic oxidation sites excluding steroid dienone is 1. The van der Waals surface area contributed by atoms with Gasteiger partial charge in [-0.2, -0.15) is 0 Å². The average molecular weight is 315 g/mol. The maximum Gasteiger partial charge on any atom is 0.214 e. The van der Waals surface area contributed by atoms with E-state index in [1.54, 1.807) is 10.4 Å². The molecule has 6 heteroatoms. The Morgan fingerprint density at radius 1 is 1.14 bits per heavy atom. The lowest BCUT2D eigenvalue weighted by Crippen LogP contribution is -2.52. The van der Waals surface area contributed by atoms with Crippen molar-refractivity contribution in [1.82, 2.24) is 14.1 Å². The lowest BCUT2D eigenvalue weighted by atomic mass is 10.1. The van der Waals surface area contributed by atoms with E-state index in [9.17, 15) is 8.42 Å². The van der Waals surface area contributed by atoms with Crippen molar-refractivity contribution in [3.63, 3.8) is 0 Å². The number of rotatable bonds is 5. The van der Waals surface area contributed by atoms with E-state index < -0.39 is 10.0 Å². The lowest BCUT2D eigenvalue weighted by molar-refractivity contribution is 0.100. The molecule has 1 atom stereocenters. The second-order valence-electron chi connectivity index (χ2n) is 6.24. The molecule has 122 valence electrons. The molecule has 2 aliphatic heterocycles. The van der Waals surface area contributed by atoms with Gasteiger partial charge in [0.15, 0.2) is 0 Å². The first-order chi connectivity index (χ1) is 10.0. The summed E-state index contributed by atoms with van der Waals surface area (Å²) in [4.78, 5) is 4.83. The minimum absolute atomic E-state index is 0.200. The van der Waals surface area contributed by atoms with Crippen LogP contribution in [0.2, 0.25) is 0 Å². The van der Waals surface area contributed by atoms with Crippen LogP contribution in [0.25, 0.3) is 0 Å². The summed E-state index contributed by atoms with van der Waals surface area (Å²) in [5.41, 5.74) is 0. The quantitative estimate of drug-likeness (QED) is 0.710. The Morgan fingerprint density at radius 2 is 1.86 bits per heavy atom. The van der Waals surface area contributed by atoms with Crippen LogP contribution in [0.5, 0.6) is 0 Å². The van der Waals surface area contributed by atoms with Crippen LogP contribution in [0.15, 0.2) is 12.7 Å². The first-order valence-electron chi connectivity index (χ1n) is 8.04. The molecule has 0 aromatic carbocycles. The molecule has 2 aliphatic rings. The molecule has 0 radical (unpaired) electrons. The smallest absolute Gasteiger partial charge is 0.214 e. The van der Waals surface area contributed by atoms with Crippen LogP contribution in [0.1, 0.15) is 25.7 Å². The van der Waals surface area contributed by atoms with Gasteiger partial charge >= 0.3 is 0 Å². The largest absolute Gasteiger partial charge is 0.304 e. The van der Waals surface area contributed by atoms with Gasteiger partial charge < -0.3 is 4.90 Å². The van der Waals surface area contributed by atoms with Gasteiger partial charge in [0, 0.05) is 45.3 Å². The predicted molar refractivity (Wildman–Crippen MR) is 86.9 cm³/mol. The van der Waals surface area contributed by atoms with Crippen molar-refractivity contribution in [3.05, 3.63) is 12.7 Å². The van der Waals surface area contributed by atoms with Crippen molar-refractivity contribution in [2.24, 2.45) is 0 Å². The molecule has 0 unspecified atom stereocenters. The minimum Gasteiger partial charge on any atom is -0.304 e. The summed E-state index contributed by atoms with van der Waals surface area (Å²) >= 11 is 0. The van der Waals surface area contributed by atoms with Crippen LogP contribution in [-0.4, -0.2) is 80.6 Å². The van der Waals surface area contributed by atoms with Gasteiger partial charge in [0.1, 0.15) is 0 Å². The number of piperazine rings is 1.